The van der Waals surface area contributed by atoms with Crippen LogP contribution in [0.5, 0.6) is 0 Å². The van der Waals surface area contributed by atoms with Gasteiger partial charge in [-0.2, -0.15) is 0 Å². The first-order chi connectivity index (χ1) is 9.02. The van der Waals surface area contributed by atoms with Crippen LogP contribution in [-0.4, -0.2) is 25.7 Å². The summed E-state index contributed by atoms with van der Waals surface area (Å²) in [6, 6.07) is 9.43. The minimum absolute atomic E-state index is 0.329. The Labute approximate surface area is 118 Å². The number of nitrogens with one attached hydrogen (secondary N) is 1. The first kappa shape index (κ1) is 14.4. The van der Waals surface area contributed by atoms with E-state index >= 15 is 0 Å². The zero-order valence-corrected chi connectivity index (χ0v) is 12.9. The molecule has 0 bridgehead atoms. The number of rotatable bonds is 5. The van der Waals surface area contributed by atoms with E-state index in [1.165, 1.54) is 30.6 Å². The van der Waals surface area contributed by atoms with Crippen molar-refractivity contribution in [2.75, 3.05) is 24.5 Å². The average Bonchev–Trinajstić information content (AvgIpc) is 2.76. The second-order valence-electron chi connectivity index (χ2n) is 6.63. The number of nitrogens with zero attached hydrogens (tertiary/aromatic N) is 1. The second kappa shape index (κ2) is 5.96. The van der Waals surface area contributed by atoms with E-state index in [1.807, 2.05) is 0 Å². The molecule has 0 saturated carbocycles. The summed E-state index contributed by atoms with van der Waals surface area (Å²) in [7, 11) is 0. The van der Waals surface area contributed by atoms with Crippen LogP contribution in [0.15, 0.2) is 24.3 Å². The molecule has 2 rings (SSSR count). The summed E-state index contributed by atoms with van der Waals surface area (Å²) in [6.07, 6.45) is 2.42. The van der Waals surface area contributed by atoms with Crippen molar-refractivity contribution >= 4 is 5.69 Å². The highest BCUT2D eigenvalue weighted by molar-refractivity contribution is 5.57. The van der Waals surface area contributed by atoms with Gasteiger partial charge in [-0.1, -0.05) is 45.9 Å². The standard InChI is InChI=1S/C17H28N2/c1-5-18-16(17(2,3)4)11-13-19-12-10-14-8-6-7-9-15(14)19/h6-9,16,18H,5,10-13H2,1-4H3. The van der Waals surface area contributed by atoms with Crippen molar-refractivity contribution in [3.63, 3.8) is 0 Å². The maximum absolute atomic E-state index is 3.64. The molecule has 1 N–H and O–H groups in total. The summed E-state index contributed by atoms with van der Waals surface area (Å²) in [5.74, 6) is 0. The lowest BCUT2D eigenvalue weighted by Crippen LogP contribution is -2.42. The van der Waals surface area contributed by atoms with Crippen molar-refractivity contribution < 1.29 is 0 Å². The third kappa shape index (κ3) is 3.50. The Balaban J connectivity index is 1.96. The van der Waals surface area contributed by atoms with Gasteiger partial charge >= 0.3 is 0 Å². The van der Waals surface area contributed by atoms with E-state index in [0.717, 1.165) is 13.1 Å². The van der Waals surface area contributed by atoms with Gasteiger partial charge in [-0.05, 0) is 36.4 Å². The fourth-order valence-corrected chi connectivity index (χ4v) is 3.01. The number of benzene rings is 1. The molecule has 0 saturated heterocycles. The van der Waals surface area contributed by atoms with Crippen LogP contribution in [0.4, 0.5) is 5.69 Å². The molecule has 0 spiro atoms. The van der Waals surface area contributed by atoms with E-state index < -0.39 is 0 Å². The molecule has 2 heteroatoms. The zero-order valence-electron chi connectivity index (χ0n) is 12.9. The third-order valence-electron chi connectivity index (χ3n) is 4.17. The van der Waals surface area contributed by atoms with Crippen LogP contribution in [0, 0.1) is 5.41 Å². The fourth-order valence-electron chi connectivity index (χ4n) is 3.01. The Bertz CT molecular complexity index is 406. The summed E-state index contributed by atoms with van der Waals surface area (Å²) in [4.78, 5) is 2.55. The molecule has 0 aliphatic carbocycles. The summed E-state index contributed by atoms with van der Waals surface area (Å²) in [5.41, 5.74) is 3.29. The molecular formula is C17H28N2. The average molecular weight is 260 g/mol. The predicted molar refractivity (Wildman–Crippen MR) is 83.9 cm³/mol. The largest absolute Gasteiger partial charge is 0.371 e. The van der Waals surface area contributed by atoms with Crippen molar-refractivity contribution in [2.24, 2.45) is 5.41 Å². The van der Waals surface area contributed by atoms with Gasteiger partial charge in [-0.3, -0.25) is 0 Å². The van der Waals surface area contributed by atoms with E-state index in [0.29, 0.717) is 11.5 Å². The lowest BCUT2D eigenvalue weighted by Gasteiger charge is -2.33. The van der Waals surface area contributed by atoms with Gasteiger partial charge in [-0.25, -0.2) is 0 Å². The molecule has 1 aliphatic heterocycles. The molecule has 1 unspecified atom stereocenters. The van der Waals surface area contributed by atoms with Gasteiger partial charge < -0.3 is 10.2 Å². The fraction of sp³-hybridized carbons (Fsp3) is 0.647. The van der Waals surface area contributed by atoms with Gasteiger partial charge in [0.05, 0.1) is 0 Å². The first-order valence-corrected chi connectivity index (χ1v) is 7.58. The maximum atomic E-state index is 3.64. The second-order valence-corrected chi connectivity index (χ2v) is 6.63. The van der Waals surface area contributed by atoms with E-state index in [2.05, 4.69) is 62.2 Å². The summed E-state index contributed by atoms with van der Waals surface area (Å²) >= 11 is 0. The molecule has 19 heavy (non-hydrogen) atoms. The quantitative estimate of drug-likeness (QED) is 0.872. The Kier molecular flexibility index (Phi) is 4.51. The number of fused-ring (bicyclic) bond motifs is 1. The molecular weight excluding hydrogens is 232 g/mol. The van der Waals surface area contributed by atoms with Crippen molar-refractivity contribution in [3.8, 4) is 0 Å². The van der Waals surface area contributed by atoms with Gasteiger partial charge in [0, 0.05) is 24.8 Å². The lowest BCUT2D eigenvalue weighted by atomic mass is 9.84. The highest BCUT2D eigenvalue weighted by Crippen LogP contribution is 2.29. The van der Waals surface area contributed by atoms with Gasteiger partial charge in [-0.15, -0.1) is 0 Å². The Morgan fingerprint density at radius 2 is 2.00 bits per heavy atom. The highest BCUT2D eigenvalue weighted by atomic mass is 15.1. The molecule has 1 heterocycles. The molecule has 1 atom stereocenters. The molecule has 1 aromatic rings. The van der Waals surface area contributed by atoms with Gasteiger partial charge in [0.25, 0.3) is 0 Å². The van der Waals surface area contributed by atoms with Crippen molar-refractivity contribution in [3.05, 3.63) is 29.8 Å². The molecule has 1 aliphatic rings. The first-order valence-electron chi connectivity index (χ1n) is 7.58. The number of hydrogen-bond acceptors (Lipinski definition) is 2. The molecule has 0 fully saturated rings. The highest BCUT2D eigenvalue weighted by Gasteiger charge is 2.25. The minimum Gasteiger partial charge on any atom is -0.371 e. The predicted octanol–water partition coefficient (Wildman–Crippen LogP) is 3.46. The summed E-state index contributed by atoms with van der Waals surface area (Å²) in [6.45, 7) is 12.6. The third-order valence-corrected chi connectivity index (χ3v) is 4.17. The summed E-state index contributed by atoms with van der Waals surface area (Å²) in [5, 5.41) is 3.64. The number of para-hydroxylation sites is 1. The van der Waals surface area contributed by atoms with Crippen LogP contribution in [0.1, 0.15) is 39.7 Å². The molecule has 1 aromatic carbocycles. The van der Waals surface area contributed by atoms with Crippen LogP contribution < -0.4 is 10.2 Å². The van der Waals surface area contributed by atoms with Crippen LogP contribution in [0.3, 0.4) is 0 Å². The molecule has 0 radical (unpaired) electrons. The maximum Gasteiger partial charge on any atom is 0.0399 e. The monoisotopic (exact) mass is 260 g/mol. The van der Waals surface area contributed by atoms with Gasteiger partial charge in [0.1, 0.15) is 0 Å². The van der Waals surface area contributed by atoms with Crippen LogP contribution >= 0.6 is 0 Å². The van der Waals surface area contributed by atoms with E-state index in [1.54, 1.807) is 0 Å². The van der Waals surface area contributed by atoms with Crippen LogP contribution in [-0.2, 0) is 6.42 Å². The Morgan fingerprint density at radius 1 is 1.26 bits per heavy atom. The molecule has 106 valence electrons. The normalized spacial score (nSPS) is 16.5. The van der Waals surface area contributed by atoms with E-state index in [-0.39, 0.29) is 0 Å². The van der Waals surface area contributed by atoms with E-state index in [4.69, 9.17) is 0 Å². The van der Waals surface area contributed by atoms with Crippen molar-refractivity contribution in [1.29, 1.82) is 0 Å². The van der Waals surface area contributed by atoms with Crippen LogP contribution in [0.2, 0.25) is 0 Å². The zero-order chi connectivity index (χ0) is 13.9. The van der Waals surface area contributed by atoms with E-state index in [9.17, 15) is 0 Å². The molecule has 2 nitrogen and oxygen atoms in total. The number of hydrogen-bond donors (Lipinski definition) is 1. The van der Waals surface area contributed by atoms with Crippen molar-refractivity contribution in [1.82, 2.24) is 5.32 Å². The van der Waals surface area contributed by atoms with Crippen LogP contribution in [0.25, 0.3) is 0 Å². The number of anilines is 1. The minimum atomic E-state index is 0.329. The van der Waals surface area contributed by atoms with Crippen molar-refractivity contribution in [2.45, 2.75) is 46.6 Å². The smallest absolute Gasteiger partial charge is 0.0399 e. The SMILES string of the molecule is CCNC(CCN1CCc2ccccc21)C(C)(C)C. The lowest BCUT2D eigenvalue weighted by molar-refractivity contribution is 0.260. The Hall–Kier alpha value is -1.02. The molecule has 0 amide bonds. The van der Waals surface area contributed by atoms with Gasteiger partial charge in [0.2, 0.25) is 0 Å². The molecule has 0 aromatic heterocycles. The van der Waals surface area contributed by atoms with Gasteiger partial charge in [0.15, 0.2) is 0 Å². The Morgan fingerprint density at radius 3 is 2.68 bits per heavy atom. The summed E-state index contributed by atoms with van der Waals surface area (Å²) < 4.78 is 0. The topological polar surface area (TPSA) is 15.3 Å².